The van der Waals surface area contributed by atoms with E-state index in [1.807, 2.05) is 24.3 Å². The standard InChI is InChI=1S/C24H19F4N5O/c25-20-9-7-17(11-19(20)24(26,27)28)22-31-13-15(14-32-22)12-30-21(34)5-1-4-18-8-6-16-3-2-10-29-23(16)33-18/h2-3,6-11,13-14H,1,4-5,12H2,(H,30,34). The monoisotopic (exact) mass is 469 g/mol. The summed E-state index contributed by atoms with van der Waals surface area (Å²) in [5, 5.41) is 3.72. The van der Waals surface area contributed by atoms with Crippen LogP contribution in [-0.2, 0) is 23.9 Å². The summed E-state index contributed by atoms with van der Waals surface area (Å²) in [6.07, 6.45) is 1.23. The summed E-state index contributed by atoms with van der Waals surface area (Å²) in [5.74, 6) is -1.49. The summed E-state index contributed by atoms with van der Waals surface area (Å²) < 4.78 is 52.2. The van der Waals surface area contributed by atoms with Gasteiger partial charge in [-0.1, -0.05) is 0 Å². The maximum Gasteiger partial charge on any atom is 0.419 e. The van der Waals surface area contributed by atoms with E-state index in [0.29, 0.717) is 36.5 Å². The van der Waals surface area contributed by atoms with Crippen molar-refractivity contribution in [2.75, 3.05) is 0 Å². The zero-order valence-corrected chi connectivity index (χ0v) is 17.8. The van der Waals surface area contributed by atoms with Crippen LogP contribution in [0.2, 0.25) is 0 Å². The Morgan fingerprint density at radius 2 is 1.79 bits per heavy atom. The first-order valence-corrected chi connectivity index (χ1v) is 10.4. The van der Waals surface area contributed by atoms with Crippen LogP contribution in [0.4, 0.5) is 17.6 Å². The molecule has 1 aromatic carbocycles. The number of amides is 1. The first kappa shape index (κ1) is 23.2. The number of nitrogens with zero attached hydrogens (tertiary/aromatic N) is 4. The SMILES string of the molecule is O=C(CCCc1ccc2cccnc2n1)NCc1cnc(-c2ccc(F)c(C(F)(F)F)c2)nc1. The molecule has 0 aliphatic heterocycles. The number of halogens is 4. The molecule has 4 rings (SSSR count). The van der Waals surface area contributed by atoms with Crippen molar-refractivity contribution in [2.45, 2.75) is 32.0 Å². The average Bonchev–Trinajstić information content (AvgIpc) is 2.82. The number of alkyl halides is 3. The summed E-state index contributed by atoms with van der Waals surface area (Å²) in [7, 11) is 0. The second-order valence-corrected chi connectivity index (χ2v) is 7.59. The second kappa shape index (κ2) is 9.90. The number of nitrogens with one attached hydrogen (secondary N) is 1. The quantitative estimate of drug-likeness (QED) is 0.390. The third kappa shape index (κ3) is 5.69. The van der Waals surface area contributed by atoms with Crippen LogP contribution in [0.25, 0.3) is 22.4 Å². The Labute approximate surface area is 192 Å². The molecule has 6 nitrogen and oxygen atoms in total. The third-order valence-corrected chi connectivity index (χ3v) is 5.08. The highest BCUT2D eigenvalue weighted by molar-refractivity contribution is 5.76. The molecular weight excluding hydrogens is 450 g/mol. The number of aryl methyl sites for hydroxylation is 1. The largest absolute Gasteiger partial charge is 0.419 e. The lowest BCUT2D eigenvalue weighted by Gasteiger charge is -2.10. The summed E-state index contributed by atoms with van der Waals surface area (Å²) in [6.45, 7) is 0.175. The lowest BCUT2D eigenvalue weighted by Crippen LogP contribution is -2.22. The fraction of sp³-hybridized carbons (Fsp3) is 0.208. The van der Waals surface area contributed by atoms with Crippen LogP contribution >= 0.6 is 0 Å². The van der Waals surface area contributed by atoms with Gasteiger partial charge in [-0.3, -0.25) is 4.79 Å². The predicted octanol–water partition coefficient (Wildman–Crippen LogP) is 4.88. The molecule has 10 heteroatoms. The number of hydrogen-bond donors (Lipinski definition) is 1. The molecule has 0 atom stereocenters. The van der Waals surface area contributed by atoms with Gasteiger partial charge in [-0.15, -0.1) is 0 Å². The van der Waals surface area contributed by atoms with Crippen LogP contribution in [0.1, 0.15) is 29.7 Å². The number of pyridine rings is 2. The van der Waals surface area contributed by atoms with E-state index in [2.05, 4.69) is 25.3 Å². The minimum Gasteiger partial charge on any atom is -0.352 e. The van der Waals surface area contributed by atoms with Crippen molar-refractivity contribution in [1.29, 1.82) is 0 Å². The Balaban J connectivity index is 1.28. The number of rotatable bonds is 7. The average molecular weight is 469 g/mol. The smallest absolute Gasteiger partial charge is 0.352 e. The van der Waals surface area contributed by atoms with Crippen LogP contribution in [0, 0.1) is 5.82 Å². The first-order chi connectivity index (χ1) is 16.3. The van der Waals surface area contributed by atoms with Crippen LogP contribution in [0.3, 0.4) is 0 Å². The van der Waals surface area contributed by atoms with Gasteiger partial charge in [-0.25, -0.2) is 24.3 Å². The van der Waals surface area contributed by atoms with E-state index < -0.39 is 17.6 Å². The lowest BCUT2D eigenvalue weighted by molar-refractivity contribution is -0.140. The lowest BCUT2D eigenvalue weighted by atomic mass is 10.1. The van der Waals surface area contributed by atoms with E-state index in [9.17, 15) is 22.4 Å². The summed E-state index contributed by atoms with van der Waals surface area (Å²) in [4.78, 5) is 28.9. The van der Waals surface area contributed by atoms with E-state index >= 15 is 0 Å². The first-order valence-electron chi connectivity index (χ1n) is 10.4. The molecule has 3 heterocycles. The molecule has 0 spiro atoms. The van der Waals surface area contributed by atoms with Gasteiger partial charge in [0.15, 0.2) is 11.5 Å². The Kier molecular flexibility index (Phi) is 6.76. The highest BCUT2D eigenvalue weighted by atomic mass is 19.4. The van der Waals surface area contributed by atoms with Gasteiger partial charge < -0.3 is 5.32 Å². The maximum absolute atomic E-state index is 13.5. The van der Waals surface area contributed by atoms with Crippen molar-refractivity contribution >= 4 is 16.9 Å². The van der Waals surface area contributed by atoms with Crippen molar-refractivity contribution in [1.82, 2.24) is 25.3 Å². The summed E-state index contributed by atoms with van der Waals surface area (Å²) in [5.41, 5.74) is 0.778. The zero-order valence-electron chi connectivity index (χ0n) is 17.8. The van der Waals surface area contributed by atoms with Gasteiger partial charge in [0.1, 0.15) is 5.82 Å². The van der Waals surface area contributed by atoms with E-state index in [4.69, 9.17) is 0 Å². The molecule has 174 valence electrons. The van der Waals surface area contributed by atoms with Gasteiger partial charge in [-0.05, 0) is 55.3 Å². The molecule has 0 unspecified atom stereocenters. The van der Waals surface area contributed by atoms with Crippen molar-refractivity contribution < 1.29 is 22.4 Å². The molecule has 0 bridgehead atoms. The molecule has 0 aliphatic rings. The van der Waals surface area contributed by atoms with E-state index in [1.54, 1.807) is 6.20 Å². The molecule has 0 saturated heterocycles. The number of carbonyl (C=O) groups is 1. The Morgan fingerprint density at radius 3 is 2.56 bits per heavy atom. The van der Waals surface area contributed by atoms with Crippen molar-refractivity contribution in [2.24, 2.45) is 0 Å². The van der Waals surface area contributed by atoms with Gasteiger partial charge in [-0.2, -0.15) is 13.2 Å². The van der Waals surface area contributed by atoms with Gasteiger partial charge in [0.2, 0.25) is 5.91 Å². The molecule has 4 aromatic rings. The molecule has 0 radical (unpaired) electrons. The minimum atomic E-state index is -4.81. The molecule has 3 aromatic heterocycles. The molecule has 34 heavy (non-hydrogen) atoms. The fourth-order valence-electron chi connectivity index (χ4n) is 3.33. The van der Waals surface area contributed by atoms with E-state index in [1.165, 1.54) is 18.5 Å². The van der Waals surface area contributed by atoms with E-state index in [-0.39, 0.29) is 23.8 Å². The Hall–Kier alpha value is -3.95. The minimum absolute atomic E-state index is 0.0259. The van der Waals surface area contributed by atoms with Crippen LogP contribution in [0.15, 0.2) is 61.1 Å². The van der Waals surface area contributed by atoms with Gasteiger partial charge in [0.05, 0.1) is 5.56 Å². The predicted molar refractivity (Wildman–Crippen MR) is 117 cm³/mol. The molecule has 0 saturated carbocycles. The van der Waals surface area contributed by atoms with Crippen molar-refractivity contribution in [3.05, 3.63) is 83.7 Å². The number of carbonyl (C=O) groups excluding carboxylic acids is 1. The zero-order chi connectivity index (χ0) is 24.1. The second-order valence-electron chi connectivity index (χ2n) is 7.59. The molecule has 1 amide bonds. The Bertz CT molecular complexity index is 1310. The van der Waals surface area contributed by atoms with Crippen LogP contribution in [0.5, 0.6) is 0 Å². The van der Waals surface area contributed by atoms with Gasteiger partial charge in [0.25, 0.3) is 0 Å². The number of fused-ring (bicyclic) bond motifs is 1. The summed E-state index contributed by atoms with van der Waals surface area (Å²) in [6, 6.07) is 10.2. The van der Waals surface area contributed by atoms with Gasteiger partial charge in [0, 0.05) is 53.8 Å². The highest BCUT2D eigenvalue weighted by Crippen LogP contribution is 2.33. The molecular formula is C24H19F4N5O. The number of hydrogen-bond acceptors (Lipinski definition) is 5. The fourth-order valence-corrected chi connectivity index (χ4v) is 3.33. The van der Waals surface area contributed by atoms with Crippen LogP contribution < -0.4 is 5.32 Å². The third-order valence-electron chi connectivity index (χ3n) is 5.08. The number of benzene rings is 1. The number of aromatic nitrogens is 4. The maximum atomic E-state index is 13.5. The van der Waals surface area contributed by atoms with Crippen molar-refractivity contribution in [3.63, 3.8) is 0 Å². The molecule has 0 fully saturated rings. The summed E-state index contributed by atoms with van der Waals surface area (Å²) >= 11 is 0. The highest BCUT2D eigenvalue weighted by Gasteiger charge is 2.34. The molecule has 1 N–H and O–H groups in total. The molecule has 0 aliphatic carbocycles. The Morgan fingerprint density at radius 1 is 1.00 bits per heavy atom. The topological polar surface area (TPSA) is 80.7 Å². The van der Waals surface area contributed by atoms with Crippen molar-refractivity contribution in [3.8, 4) is 11.4 Å². The van der Waals surface area contributed by atoms with E-state index in [0.717, 1.165) is 17.1 Å². The van der Waals surface area contributed by atoms with Gasteiger partial charge >= 0.3 is 6.18 Å². The normalized spacial score (nSPS) is 11.5. The van der Waals surface area contributed by atoms with Crippen LogP contribution in [-0.4, -0.2) is 25.8 Å².